The number of aryl methyl sites for hydroxylation is 2. The van der Waals surface area contributed by atoms with Gasteiger partial charge in [-0.05, 0) is 55.6 Å². The molecule has 19 heavy (non-hydrogen) atoms. The molecule has 2 N–H and O–H groups in total. The van der Waals surface area contributed by atoms with Gasteiger partial charge in [0.25, 0.3) is 0 Å². The van der Waals surface area contributed by atoms with Crippen LogP contribution in [0.4, 0.5) is 4.39 Å². The van der Waals surface area contributed by atoms with E-state index in [2.05, 4.69) is 32.0 Å². The number of nitrogens with two attached hydrogens (primary N) is 1. The molecule has 0 radical (unpaired) electrons. The number of halogens is 1. The second-order valence-corrected chi connectivity index (χ2v) is 5.13. The summed E-state index contributed by atoms with van der Waals surface area (Å²) < 4.78 is 13.2. The maximum Gasteiger partial charge on any atom is 0.123 e. The number of hydrogen-bond acceptors (Lipinski definition) is 1. The predicted molar refractivity (Wildman–Crippen MR) is 77.8 cm³/mol. The zero-order chi connectivity index (χ0) is 13.8. The van der Waals surface area contributed by atoms with Crippen LogP contribution < -0.4 is 5.73 Å². The molecule has 0 aromatic heterocycles. The monoisotopic (exact) mass is 257 g/mol. The number of benzene rings is 2. The Balaban J connectivity index is 2.25. The Bertz CT molecular complexity index is 563. The van der Waals surface area contributed by atoms with Crippen LogP contribution in [0.2, 0.25) is 0 Å². The third-order valence-corrected chi connectivity index (χ3v) is 3.52. The second-order valence-electron chi connectivity index (χ2n) is 5.13. The van der Waals surface area contributed by atoms with Crippen molar-refractivity contribution in [3.8, 4) is 0 Å². The smallest absolute Gasteiger partial charge is 0.123 e. The van der Waals surface area contributed by atoms with Crippen LogP contribution in [-0.4, -0.2) is 6.54 Å². The van der Waals surface area contributed by atoms with Crippen LogP contribution in [0, 0.1) is 19.7 Å². The van der Waals surface area contributed by atoms with Gasteiger partial charge in [0.2, 0.25) is 0 Å². The van der Waals surface area contributed by atoms with Crippen molar-refractivity contribution >= 4 is 0 Å². The van der Waals surface area contributed by atoms with Crippen LogP contribution in [0.25, 0.3) is 0 Å². The Kier molecular flexibility index (Phi) is 4.33. The molecular formula is C17H20FN. The minimum atomic E-state index is -0.186. The highest BCUT2D eigenvalue weighted by atomic mass is 19.1. The van der Waals surface area contributed by atoms with Gasteiger partial charge in [0.15, 0.2) is 0 Å². The largest absolute Gasteiger partial charge is 0.330 e. The molecule has 0 aliphatic rings. The summed E-state index contributed by atoms with van der Waals surface area (Å²) in [5.41, 5.74) is 10.7. The van der Waals surface area contributed by atoms with Crippen molar-refractivity contribution < 1.29 is 4.39 Å². The van der Waals surface area contributed by atoms with Crippen molar-refractivity contribution in [1.29, 1.82) is 0 Å². The van der Waals surface area contributed by atoms with Crippen molar-refractivity contribution in [1.82, 2.24) is 0 Å². The van der Waals surface area contributed by atoms with Gasteiger partial charge >= 0.3 is 0 Å². The van der Waals surface area contributed by atoms with Crippen LogP contribution in [0.5, 0.6) is 0 Å². The first-order chi connectivity index (χ1) is 9.10. The van der Waals surface area contributed by atoms with Gasteiger partial charge < -0.3 is 5.73 Å². The molecule has 0 spiro atoms. The zero-order valence-corrected chi connectivity index (χ0v) is 11.5. The molecule has 1 unspecified atom stereocenters. The summed E-state index contributed by atoms with van der Waals surface area (Å²) in [6.45, 7) is 4.76. The van der Waals surface area contributed by atoms with Crippen molar-refractivity contribution in [3.63, 3.8) is 0 Å². The quantitative estimate of drug-likeness (QED) is 0.887. The third-order valence-electron chi connectivity index (χ3n) is 3.52. The topological polar surface area (TPSA) is 26.0 Å². The predicted octanol–water partition coefficient (Wildman–Crippen LogP) is 3.73. The van der Waals surface area contributed by atoms with Crippen molar-refractivity contribution in [2.75, 3.05) is 6.54 Å². The van der Waals surface area contributed by atoms with E-state index in [4.69, 9.17) is 5.73 Å². The van der Waals surface area contributed by atoms with Gasteiger partial charge in [-0.2, -0.15) is 0 Å². The Labute approximate surface area is 114 Å². The van der Waals surface area contributed by atoms with E-state index in [0.29, 0.717) is 6.54 Å². The first-order valence-corrected chi connectivity index (χ1v) is 6.62. The van der Waals surface area contributed by atoms with Crippen LogP contribution in [-0.2, 0) is 6.42 Å². The fraction of sp³-hybridized carbons (Fsp3) is 0.294. The molecule has 0 fully saturated rings. The third kappa shape index (κ3) is 3.42. The van der Waals surface area contributed by atoms with E-state index in [0.717, 1.165) is 12.0 Å². The molecule has 0 amide bonds. The average molecular weight is 257 g/mol. The highest BCUT2D eigenvalue weighted by Gasteiger charge is 2.13. The highest BCUT2D eigenvalue weighted by Crippen LogP contribution is 2.24. The van der Waals surface area contributed by atoms with E-state index in [1.807, 2.05) is 6.07 Å². The zero-order valence-electron chi connectivity index (χ0n) is 11.5. The van der Waals surface area contributed by atoms with Gasteiger partial charge in [-0.3, -0.25) is 0 Å². The summed E-state index contributed by atoms with van der Waals surface area (Å²) in [6, 6.07) is 13.2. The fourth-order valence-corrected chi connectivity index (χ4v) is 2.55. The standard InChI is InChI=1S/C17H20FN/c1-12-6-7-17(13(2)8-12)15(11-19)9-14-4-3-5-16(18)10-14/h3-8,10,15H,9,11,19H2,1-2H3. The molecule has 100 valence electrons. The molecule has 0 aliphatic carbocycles. The molecule has 2 rings (SSSR count). The van der Waals surface area contributed by atoms with E-state index in [9.17, 15) is 4.39 Å². The van der Waals surface area contributed by atoms with Crippen molar-refractivity contribution in [2.24, 2.45) is 5.73 Å². The van der Waals surface area contributed by atoms with Crippen LogP contribution in [0.1, 0.15) is 28.2 Å². The lowest BCUT2D eigenvalue weighted by molar-refractivity contribution is 0.620. The summed E-state index contributed by atoms with van der Waals surface area (Å²) in [5.74, 6) is 0.0521. The maximum atomic E-state index is 13.2. The van der Waals surface area contributed by atoms with Gasteiger partial charge in [0.1, 0.15) is 5.82 Å². The van der Waals surface area contributed by atoms with Crippen LogP contribution in [0.3, 0.4) is 0 Å². The SMILES string of the molecule is Cc1ccc(C(CN)Cc2cccc(F)c2)c(C)c1. The Morgan fingerprint density at radius 1 is 1.11 bits per heavy atom. The molecule has 0 bridgehead atoms. The maximum absolute atomic E-state index is 13.2. The molecule has 0 saturated carbocycles. The molecule has 0 aliphatic heterocycles. The highest BCUT2D eigenvalue weighted by molar-refractivity contribution is 5.34. The average Bonchev–Trinajstić information content (AvgIpc) is 2.37. The van der Waals surface area contributed by atoms with Gasteiger partial charge in [-0.25, -0.2) is 4.39 Å². The van der Waals surface area contributed by atoms with Crippen molar-refractivity contribution in [2.45, 2.75) is 26.2 Å². The van der Waals surface area contributed by atoms with E-state index in [1.54, 1.807) is 12.1 Å². The lowest BCUT2D eigenvalue weighted by Gasteiger charge is -2.18. The van der Waals surface area contributed by atoms with Gasteiger partial charge in [-0.15, -0.1) is 0 Å². The summed E-state index contributed by atoms with van der Waals surface area (Å²) in [6.07, 6.45) is 0.776. The van der Waals surface area contributed by atoms with E-state index in [-0.39, 0.29) is 11.7 Å². The van der Waals surface area contributed by atoms with Gasteiger partial charge in [0, 0.05) is 5.92 Å². The molecule has 2 aromatic rings. The number of hydrogen-bond donors (Lipinski definition) is 1. The van der Waals surface area contributed by atoms with Gasteiger partial charge in [-0.1, -0.05) is 35.9 Å². The first kappa shape index (κ1) is 13.8. The minimum Gasteiger partial charge on any atom is -0.330 e. The molecule has 0 saturated heterocycles. The second kappa shape index (κ2) is 5.98. The molecule has 0 heterocycles. The van der Waals surface area contributed by atoms with Crippen LogP contribution >= 0.6 is 0 Å². The summed E-state index contributed by atoms with van der Waals surface area (Å²) >= 11 is 0. The first-order valence-electron chi connectivity index (χ1n) is 6.62. The summed E-state index contributed by atoms with van der Waals surface area (Å²) in [4.78, 5) is 0. The van der Waals surface area contributed by atoms with Crippen LogP contribution in [0.15, 0.2) is 42.5 Å². The minimum absolute atomic E-state index is 0.186. The fourth-order valence-electron chi connectivity index (χ4n) is 2.55. The molecular weight excluding hydrogens is 237 g/mol. The van der Waals surface area contributed by atoms with E-state index in [1.165, 1.54) is 22.8 Å². The van der Waals surface area contributed by atoms with E-state index >= 15 is 0 Å². The number of rotatable bonds is 4. The molecule has 1 atom stereocenters. The molecule has 1 nitrogen and oxygen atoms in total. The summed E-state index contributed by atoms with van der Waals surface area (Å²) in [5, 5.41) is 0. The summed E-state index contributed by atoms with van der Waals surface area (Å²) in [7, 11) is 0. The lowest BCUT2D eigenvalue weighted by atomic mass is 9.88. The van der Waals surface area contributed by atoms with Crippen molar-refractivity contribution in [3.05, 3.63) is 70.5 Å². The van der Waals surface area contributed by atoms with Gasteiger partial charge in [0.05, 0.1) is 0 Å². The lowest BCUT2D eigenvalue weighted by Crippen LogP contribution is -2.16. The Hall–Kier alpha value is -1.67. The molecule has 2 aromatic carbocycles. The Morgan fingerprint density at radius 2 is 1.89 bits per heavy atom. The molecule has 2 heteroatoms. The normalized spacial score (nSPS) is 12.4. The Morgan fingerprint density at radius 3 is 2.53 bits per heavy atom. The van der Waals surface area contributed by atoms with E-state index < -0.39 is 0 Å².